The molecule has 1 fully saturated rings. The van der Waals surface area contributed by atoms with Crippen LogP contribution >= 0.6 is 12.6 Å². The molecule has 23 heavy (non-hydrogen) atoms. The highest BCUT2D eigenvalue weighted by molar-refractivity contribution is 7.80. The average Bonchev–Trinajstić information content (AvgIpc) is 2.58. The maximum atomic E-state index is 12.2. The Bertz CT molecular complexity index is 666. The third-order valence-electron chi connectivity index (χ3n) is 4.18. The van der Waals surface area contributed by atoms with Crippen molar-refractivity contribution in [2.45, 2.75) is 24.2 Å². The topological polar surface area (TPSA) is 32.3 Å². The quantitative estimate of drug-likeness (QED) is 0.830. The number of rotatable bonds is 4. The summed E-state index contributed by atoms with van der Waals surface area (Å²) in [4.78, 5) is 15.4. The van der Waals surface area contributed by atoms with E-state index in [1.54, 1.807) is 0 Å². The second-order valence-electron chi connectivity index (χ2n) is 5.98. The Morgan fingerprint density at radius 3 is 2.52 bits per heavy atom. The molecule has 0 unspecified atom stereocenters. The molecule has 0 saturated carbocycles. The first kappa shape index (κ1) is 16.1. The van der Waals surface area contributed by atoms with E-state index in [-0.39, 0.29) is 5.91 Å². The average molecular weight is 326 g/mol. The first-order chi connectivity index (χ1) is 11.2. The zero-order valence-electron chi connectivity index (χ0n) is 13.2. The summed E-state index contributed by atoms with van der Waals surface area (Å²) in [6, 6.07) is 15.9. The molecule has 2 aromatic rings. The fourth-order valence-electron chi connectivity index (χ4n) is 2.98. The molecule has 0 aliphatic carbocycles. The molecule has 0 atom stereocenters. The number of carbonyl (C=O) groups is 1. The summed E-state index contributed by atoms with van der Waals surface area (Å²) in [6.45, 7) is 2.53. The van der Waals surface area contributed by atoms with E-state index >= 15 is 0 Å². The van der Waals surface area contributed by atoms with E-state index in [1.807, 2.05) is 48.5 Å². The number of hydrogen-bond donors (Lipinski definition) is 2. The summed E-state index contributed by atoms with van der Waals surface area (Å²) in [5, 5.41) is 3.01. The highest BCUT2D eigenvalue weighted by Crippen LogP contribution is 2.29. The number of likely N-dealkylation sites (tertiary alicyclic amines) is 1. The SMILES string of the molecule is O=C(CN1CCCCC1)Nc1ccc(S)c(-c2ccccc2)c1. The summed E-state index contributed by atoms with van der Waals surface area (Å²) >= 11 is 4.53. The number of carbonyl (C=O) groups excluding carboxylic acids is 1. The third-order valence-corrected chi connectivity index (χ3v) is 4.57. The summed E-state index contributed by atoms with van der Waals surface area (Å²) in [5.41, 5.74) is 2.96. The summed E-state index contributed by atoms with van der Waals surface area (Å²) in [5.74, 6) is 0.0535. The molecule has 1 saturated heterocycles. The van der Waals surface area contributed by atoms with E-state index in [4.69, 9.17) is 0 Å². The van der Waals surface area contributed by atoms with Crippen LogP contribution in [0.2, 0.25) is 0 Å². The van der Waals surface area contributed by atoms with Gasteiger partial charge in [-0.2, -0.15) is 0 Å². The Morgan fingerprint density at radius 1 is 1.04 bits per heavy atom. The normalized spacial score (nSPS) is 15.3. The molecule has 3 rings (SSSR count). The van der Waals surface area contributed by atoms with Crippen LogP contribution in [0.15, 0.2) is 53.4 Å². The largest absolute Gasteiger partial charge is 0.325 e. The summed E-state index contributed by atoms with van der Waals surface area (Å²) in [6.07, 6.45) is 3.67. The minimum Gasteiger partial charge on any atom is -0.325 e. The highest BCUT2D eigenvalue weighted by atomic mass is 32.1. The van der Waals surface area contributed by atoms with Crippen LogP contribution in [-0.2, 0) is 4.79 Å². The maximum absolute atomic E-state index is 12.2. The zero-order chi connectivity index (χ0) is 16.1. The van der Waals surface area contributed by atoms with Crippen LogP contribution in [0, 0.1) is 0 Å². The smallest absolute Gasteiger partial charge is 0.238 e. The van der Waals surface area contributed by atoms with Crippen molar-refractivity contribution < 1.29 is 4.79 Å². The molecule has 0 aromatic heterocycles. The maximum Gasteiger partial charge on any atom is 0.238 e. The molecule has 2 aromatic carbocycles. The van der Waals surface area contributed by atoms with Gasteiger partial charge >= 0.3 is 0 Å². The lowest BCUT2D eigenvalue weighted by molar-refractivity contribution is -0.117. The molecule has 0 bridgehead atoms. The predicted molar refractivity (Wildman–Crippen MR) is 98.1 cm³/mol. The van der Waals surface area contributed by atoms with Gasteiger partial charge in [-0.1, -0.05) is 36.8 Å². The number of piperidine rings is 1. The number of nitrogens with zero attached hydrogens (tertiary/aromatic N) is 1. The molecular weight excluding hydrogens is 304 g/mol. The van der Waals surface area contributed by atoms with Gasteiger partial charge in [0.05, 0.1) is 6.54 Å². The van der Waals surface area contributed by atoms with Gasteiger partial charge in [0.15, 0.2) is 0 Å². The molecule has 1 heterocycles. The minimum absolute atomic E-state index is 0.0535. The van der Waals surface area contributed by atoms with E-state index in [9.17, 15) is 4.79 Å². The molecular formula is C19H22N2OS. The van der Waals surface area contributed by atoms with E-state index in [0.717, 1.165) is 34.8 Å². The lowest BCUT2D eigenvalue weighted by Crippen LogP contribution is -2.36. The zero-order valence-corrected chi connectivity index (χ0v) is 14.1. The lowest BCUT2D eigenvalue weighted by Gasteiger charge is -2.25. The molecule has 0 radical (unpaired) electrons. The van der Waals surface area contributed by atoms with Crippen molar-refractivity contribution in [3.8, 4) is 11.1 Å². The van der Waals surface area contributed by atoms with Crippen molar-refractivity contribution in [2.24, 2.45) is 0 Å². The van der Waals surface area contributed by atoms with Gasteiger partial charge in [0.25, 0.3) is 0 Å². The van der Waals surface area contributed by atoms with Crippen LogP contribution in [0.4, 0.5) is 5.69 Å². The Kier molecular flexibility index (Phi) is 5.36. The number of nitrogens with one attached hydrogen (secondary N) is 1. The Labute approximate surface area is 143 Å². The Hall–Kier alpha value is -1.78. The number of anilines is 1. The first-order valence-corrected chi connectivity index (χ1v) is 8.58. The van der Waals surface area contributed by atoms with E-state index in [1.165, 1.54) is 19.3 Å². The second kappa shape index (κ2) is 7.66. The van der Waals surface area contributed by atoms with Gasteiger partial charge < -0.3 is 5.32 Å². The summed E-state index contributed by atoms with van der Waals surface area (Å²) in [7, 11) is 0. The fraction of sp³-hybridized carbons (Fsp3) is 0.316. The van der Waals surface area contributed by atoms with Crippen LogP contribution in [0.25, 0.3) is 11.1 Å². The van der Waals surface area contributed by atoms with E-state index in [2.05, 4.69) is 22.8 Å². The molecule has 3 nitrogen and oxygen atoms in total. The lowest BCUT2D eigenvalue weighted by atomic mass is 10.1. The molecule has 120 valence electrons. The van der Waals surface area contributed by atoms with Crippen molar-refractivity contribution >= 4 is 24.2 Å². The van der Waals surface area contributed by atoms with Gasteiger partial charge in [0.1, 0.15) is 0 Å². The van der Waals surface area contributed by atoms with Crippen LogP contribution in [-0.4, -0.2) is 30.4 Å². The number of benzene rings is 2. The van der Waals surface area contributed by atoms with Gasteiger partial charge in [-0.15, -0.1) is 12.6 Å². The first-order valence-electron chi connectivity index (χ1n) is 8.13. The van der Waals surface area contributed by atoms with Gasteiger partial charge in [0, 0.05) is 10.6 Å². The van der Waals surface area contributed by atoms with Crippen molar-refractivity contribution in [2.75, 3.05) is 25.0 Å². The van der Waals surface area contributed by atoms with Crippen LogP contribution in [0.1, 0.15) is 19.3 Å². The van der Waals surface area contributed by atoms with E-state index in [0.29, 0.717) is 6.54 Å². The molecule has 1 N–H and O–H groups in total. The van der Waals surface area contributed by atoms with Crippen molar-refractivity contribution in [1.29, 1.82) is 0 Å². The second-order valence-corrected chi connectivity index (χ2v) is 6.46. The highest BCUT2D eigenvalue weighted by Gasteiger charge is 2.14. The van der Waals surface area contributed by atoms with Crippen LogP contribution in [0.5, 0.6) is 0 Å². The minimum atomic E-state index is 0.0535. The predicted octanol–water partition coefficient (Wildman–Crippen LogP) is 4.07. The van der Waals surface area contributed by atoms with Gasteiger partial charge in [-0.3, -0.25) is 9.69 Å². The van der Waals surface area contributed by atoms with Crippen molar-refractivity contribution in [3.63, 3.8) is 0 Å². The van der Waals surface area contributed by atoms with Crippen molar-refractivity contribution in [3.05, 3.63) is 48.5 Å². The van der Waals surface area contributed by atoms with Gasteiger partial charge in [-0.25, -0.2) is 0 Å². The summed E-state index contributed by atoms with van der Waals surface area (Å²) < 4.78 is 0. The molecule has 1 aliphatic rings. The van der Waals surface area contributed by atoms with Crippen molar-refractivity contribution in [1.82, 2.24) is 4.90 Å². The number of hydrogen-bond acceptors (Lipinski definition) is 3. The monoisotopic (exact) mass is 326 g/mol. The molecule has 1 aliphatic heterocycles. The van der Waals surface area contributed by atoms with Gasteiger partial charge in [-0.05, 0) is 55.3 Å². The number of thiol groups is 1. The molecule has 1 amide bonds. The third kappa shape index (κ3) is 4.36. The van der Waals surface area contributed by atoms with Crippen LogP contribution in [0.3, 0.4) is 0 Å². The fourth-order valence-corrected chi connectivity index (χ4v) is 3.25. The molecule has 4 heteroatoms. The van der Waals surface area contributed by atoms with Crippen LogP contribution < -0.4 is 5.32 Å². The van der Waals surface area contributed by atoms with E-state index < -0.39 is 0 Å². The molecule has 0 spiro atoms. The number of amides is 1. The van der Waals surface area contributed by atoms with Gasteiger partial charge in [0.2, 0.25) is 5.91 Å². The Balaban J connectivity index is 1.69. The standard InChI is InChI=1S/C19H22N2OS/c22-19(14-21-11-5-2-6-12-21)20-16-9-10-18(23)17(13-16)15-7-3-1-4-8-15/h1,3-4,7-10,13,23H,2,5-6,11-12,14H2,(H,20,22). The Morgan fingerprint density at radius 2 is 1.78 bits per heavy atom.